The zero-order chi connectivity index (χ0) is 24.9. The van der Waals surface area contributed by atoms with Crippen LogP contribution in [0.5, 0.6) is 0 Å². The Kier molecular flexibility index (Phi) is 7.86. The van der Waals surface area contributed by atoms with E-state index in [1.54, 1.807) is 30.6 Å². The number of pyridine rings is 2. The maximum atomic E-state index is 13.0. The largest absolute Gasteiger partial charge is 0.322 e. The molecule has 2 aromatic carbocycles. The van der Waals surface area contributed by atoms with Gasteiger partial charge in [-0.05, 0) is 61.0 Å². The molecule has 3 heterocycles. The number of aromatic nitrogens is 2. The van der Waals surface area contributed by atoms with E-state index < -0.39 is 0 Å². The van der Waals surface area contributed by atoms with Crippen LogP contribution in [0, 0.1) is 0 Å². The molecule has 1 atom stereocenters. The van der Waals surface area contributed by atoms with Crippen molar-refractivity contribution in [3.05, 3.63) is 95.8 Å². The molecule has 0 spiro atoms. The third kappa shape index (κ3) is 5.40. The Labute approximate surface area is 217 Å². The number of nitrogens with zero attached hydrogens (tertiary/aromatic N) is 3. The minimum Gasteiger partial charge on any atom is -0.322 e. The van der Waals surface area contributed by atoms with Crippen molar-refractivity contribution >= 4 is 67.9 Å². The number of hydrogen-bond acceptors (Lipinski definition) is 4. The van der Waals surface area contributed by atoms with Crippen molar-refractivity contribution < 1.29 is 4.79 Å². The summed E-state index contributed by atoms with van der Waals surface area (Å²) in [5, 5.41) is 4.83. The second-order valence-electron chi connectivity index (χ2n) is 7.70. The zero-order valence-electron chi connectivity index (χ0n) is 19.0. The number of amides is 1. The van der Waals surface area contributed by atoms with E-state index in [0.717, 1.165) is 40.9 Å². The van der Waals surface area contributed by atoms with Crippen molar-refractivity contribution in [2.24, 2.45) is 0 Å². The van der Waals surface area contributed by atoms with Gasteiger partial charge < -0.3 is 9.62 Å². The van der Waals surface area contributed by atoms with Crippen molar-refractivity contribution in [3.63, 3.8) is 0 Å². The molecule has 1 amide bonds. The van der Waals surface area contributed by atoms with Crippen molar-refractivity contribution in [2.75, 3.05) is 21.9 Å². The molecule has 35 heavy (non-hydrogen) atoms. The smallest absolute Gasteiger partial charge is 0.257 e. The first-order chi connectivity index (χ1) is 17.0. The van der Waals surface area contributed by atoms with Gasteiger partial charge in [-0.15, -0.1) is 23.8 Å². The molecular formula is C27H24Cl2N4OS. The normalized spacial score (nSPS) is 14.9. The third-order valence-corrected chi connectivity index (χ3v) is 7.95. The summed E-state index contributed by atoms with van der Waals surface area (Å²) in [4.78, 5) is 21.8. The van der Waals surface area contributed by atoms with Crippen molar-refractivity contribution in [1.29, 1.82) is 0 Å². The lowest BCUT2D eigenvalue weighted by Gasteiger charge is -2.20. The Morgan fingerprint density at radius 3 is 2.60 bits per heavy atom. The van der Waals surface area contributed by atoms with Crippen LogP contribution in [0.1, 0.15) is 16.8 Å². The quantitative estimate of drug-likeness (QED) is 0.223. The Balaban J connectivity index is 0.00000141. The molecule has 1 aliphatic rings. The molecule has 0 aliphatic carbocycles. The standard InChI is InChI=1S/C25H20Cl2N4OS.C2H4/c1-33-12-2-11-31(33)18-5-6-19(22(27)14-18)25(32)29-17-4-7-21(26)20(13-17)24-8-3-16-15-28-10-9-23(16)30-24;1-2/h3-10,13-15H,1-2,11-12H2,(H,29,32);1-2H2. The number of benzene rings is 2. The average Bonchev–Trinajstić information content (AvgIpc) is 3.31. The Hall–Kier alpha value is -3.19. The molecule has 1 N–H and O–H groups in total. The van der Waals surface area contributed by atoms with Gasteiger partial charge >= 0.3 is 0 Å². The molecule has 0 bridgehead atoms. The van der Waals surface area contributed by atoms with Gasteiger partial charge in [0.25, 0.3) is 5.91 Å². The number of halogens is 2. The number of rotatable bonds is 4. The van der Waals surface area contributed by atoms with E-state index in [0.29, 0.717) is 27.0 Å². The van der Waals surface area contributed by atoms with Gasteiger partial charge in [-0.2, -0.15) is 0 Å². The molecule has 0 saturated carbocycles. The van der Waals surface area contributed by atoms with E-state index in [4.69, 9.17) is 23.2 Å². The van der Waals surface area contributed by atoms with Gasteiger partial charge in [0.05, 0.1) is 26.8 Å². The molecular weight excluding hydrogens is 499 g/mol. The highest BCUT2D eigenvalue weighted by molar-refractivity contribution is 8.15. The minimum atomic E-state index is -0.285. The number of carbonyl (C=O) groups excluding carboxylic acids is 1. The summed E-state index contributed by atoms with van der Waals surface area (Å²) in [6.45, 7) is 6.96. The van der Waals surface area contributed by atoms with Crippen molar-refractivity contribution in [3.8, 4) is 11.3 Å². The van der Waals surface area contributed by atoms with E-state index in [1.165, 1.54) is 0 Å². The Morgan fingerprint density at radius 1 is 1.03 bits per heavy atom. The topological polar surface area (TPSA) is 58.1 Å². The van der Waals surface area contributed by atoms with Gasteiger partial charge in [-0.25, -0.2) is 4.98 Å². The number of hydrogen-bond donors (Lipinski definition) is 1. The minimum absolute atomic E-state index is 0.0487. The van der Waals surface area contributed by atoms with Crippen LogP contribution in [0.4, 0.5) is 11.4 Å². The monoisotopic (exact) mass is 522 g/mol. The number of carbonyl (C=O) groups is 1. The first-order valence-corrected chi connectivity index (χ1v) is 13.2. The van der Waals surface area contributed by atoms with Gasteiger partial charge in [0.1, 0.15) is 0 Å². The van der Waals surface area contributed by atoms with E-state index in [-0.39, 0.29) is 16.6 Å². The Bertz CT molecular complexity index is 1430. The second kappa shape index (κ2) is 11.0. The average molecular weight is 523 g/mol. The fourth-order valence-corrected chi connectivity index (χ4v) is 5.81. The van der Waals surface area contributed by atoms with E-state index in [1.807, 2.05) is 36.4 Å². The molecule has 5 nitrogen and oxygen atoms in total. The molecule has 0 radical (unpaired) electrons. The fourth-order valence-electron chi connectivity index (χ4n) is 3.85. The summed E-state index contributed by atoms with van der Waals surface area (Å²) < 4.78 is 2.24. The summed E-state index contributed by atoms with van der Waals surface area (Å²) in [6, 6.07) is 16.5. The highest BCUT2D eigenvalue weighted by Crippen LogP contribution is 2.35. The fraction of sp³-hybridized carbons (Fsp3) is 0.111. The van der Waals surface area contributed by atoms with Crippen LogP contribution in [0.2, 0.25) is 10.0 Å². The highest BCUT2D eigenvalue weighted by atomic mass is 35.5. The van der Waals surface area contributed by atoms with Gasteiger partial charge in [0, 0.05) is 47.0 Å². The lowest BCUT2D eigenvalue weighted by atomic mass is 10.1. The summed E-state index contributed by atoms with van der Waals surface area (Å²) in [5.41, 5.74) is 4.28. The SMILES string of the molecule is C=C.C=S1CCCN1c1ccc(C(=O)Nc2ccc(Cl)c(-c3ccc4cnccc4n3)c2)c(Cl)c1. The van der Waals surface area contributed by atoms with E-state index in [9.17, 15) is 4.79 Å². The summed E-state index contributed by atoms with van der Waals surface area (Å²) in [6.07, 6.45) is 4.59. The molecule has 5 rings (SSSR count). The van der Waals surface area contributed by atoms with Gasteiger partial charge in [0.15, 0.2) is 0 Å². The molecule has 1 fully saturated rings. The zero-order valence-corrected chi connectivity index (χ0v) is 21.3. The molecule has 4 aromatic rings. The number of fused-ring (bicyclic) bond motifs is 1. The van der Waals surface area contributed by atoms with Crippen LogP contribution in [-0.4, -0.2) is 34.0 Å². The van der Waals surface area contributed by atoms with Crippen LogP contribution in [0.3, 0.4) is 0 Å². The predicted molar refractivity (Wildman–Crippen MR) is 152 cm³/mol. The lowest BCUT2D eigenvalue weighted by Crippen LogP contribution is -2.14. The summed E-state index contributed by atoms with van der Waals surface area (Å²) >= 11 is 12.9. The molecule has 2 aromatic heterocycles. The number of nitrogens with one attached hydrogen (secondary N) is 1. The van der Waals surface area contributed by atoms with E-state index in [2.05, 4.69) is 38.6 Å². The van der Waals surface area contributed by atoms with Gasteiger partial charge in [-0.3, -0.25) is 9.78 Å². The van der Waals surface area contributed by atoms with Crippen LogP contribution in [0.25, 0.3) is 22.2 Å². The van der Waals surface area contributed by atoms with Crippen LogP contribution < -0.4 is 9.62 Å². The molecule has 1 aliphatic heterocycles. The maximum Gasteiger partial charge on any atom is 0.257 e. The summed E-state index contributed by atoms with van der Waals surface area (Å²) in [7, 11) is -0.0487. The van der Waals surface area contributed by atoms with Crippen LogP contribution >= 0.6 is 33.9 Å². The maximum absolute atomic E-state index is 13.0. The second-order valence-corrected chi connectivity index (χ2v) is 10.3. The molecule has 1 unspecified atom stereocenters. The predicted octanol–water partition coefficient (Wildman–Crippen LogP) is 7.48. The van der Waals surface area contributed by atoms with Gasteiger partial charge in [-0.1, -0.05) is 29.1 Å². The summed E-state index contributed by atoms with van der Waals surface area (Å²) in [5.74, 6) is 5.01. The first kappa shape index (κ1) is 24.9. The molecule has 1 saturated heterocycles. The Morgan fingerprint density at radius 2 is 1.86 bits per heavy atom. The van der Waals surface area contributed by atoms with Crippen LogP contribution in [0.15, 0.2) is 80.1 Å². The van der Waals surface area contributed by atoms with Gasteiger partial charge in [0.2, 0.25) is 0 Å². The van der Waals surface area contributed by atoms with Crippen molar-refractivity contribution in [2.45, 2.75) is 6.42 Å². The molecule has 178 valence electrons. The lowest BCUT2D eigenvalue weighted by molar-refractivity contribution is 0.102. The number of anilines is 2. The third-order valence-electron chi connectivity index (χ3n) is 5.53. The molecule has 8 heteroatoms. The van der Waals surface area contributed by atoms with Crippen LogP contribution in [-0.2, 0) is 0 Å². The highest BCUT2D eigenvalue weighted by Gasteiger charge is 2.19. The van der Waals surface area contributed by atoms with Crippen molar-refractivity contribution in [1.82, 2.24) is 9.97 Å². The first-order valence-electron chi connectivity index (χ1n) is 10.9. The van der Waals surface area contributed by atoms with E-state index >= 15 is 0 Å².